The number of hydrogen-bond donors (Lipinski definition) is 0. The van der Waals surface area contributed by atoms with Crippen molar-refractivity contribution in [3.8, 4) is 56.4 Å². The predicted molar refractivity (Wildman–Crippen MR) is 235 cm³/mol. The highest BCUT2D eigenvalue weighted by molar-refractivity contribution is 6.10. The number of aromatic nitrogens is 4. The summed E-state index contributed by atoms with van der Waals surface area (Å²) in [6.45, 7) is 0. The van der Waals surface area contributed by atoms with Gasteiger partial charge in [-0.05, 0) is 83.3 Å². The van der Waals surface area contributed by atoms with Crippen LogP contribution in [0.2, 0.25) is 0 Å². The maximum atomic E-state index is 5.37. The fraction of sp³-hybridized carbons (Fsp3) is 0.0189. The normalized spacial score (nSPS) is 12.1. The van der Waals surface area contributed by atoms with E-state index in [2.05, 4.69) is 197 Å². The molecule has 0 bridgehead atoms. The van der Waals surface area contributed by atoms with Gasteiger partial charge in [0.05, 0.1) is 33.5 Å². The first-order valence-electron chi connectivity index (χ1n) is 19.5. The van der Waals surface area contributed by atoms with E-state index in [9.17, 15) is 0 Å². The molecule has 266 valence electrons. The molecule has 57 heavy (non-hydrogen) atoms. The Bertz CT molecular complexity index is 3150. The molecule has 0 aliphatic heterocycles. The lowest BCUT2D eigenvalue weighted by molar-refractivity contribution is 1.13. The van der Waals surface area contributed by atoms with E-state index in [1.54, 1.807) is 0 Å². The molecule has 12 rings (SSSR count). The largest absolute Gasteiger partial charge is 0.309 e. The van der Waals surface area contributed by atoms with Crippen molar-refractivity contribution in [1.82, 2.24) is 19.1 Å². The van der Waals surface area contributed by atoms with E-state index >= 15 is 0 Å². The lowest BCUT2D eigenvalue weighted by Gasteiger charge is -2.16. The van der Waals surface area contributed by atoms with Gasteiger partial charge in [0.2, 0.25) is 0 Å². The summed E-state index contributed by atoms with van der Waals surface area (Å²) in [5.41, 5.74) is 16.9. The summed E-state index contributed by atoms with van der Waals surface area (Å²) in [5.74, 6) is 0.699. The second kappa shape index (κ2) is 12.5. The molecule has 1 aliphatic rings. The first-order valence-corrected chi connectivity index (χ1v) is 19.5. The number of rotatable bonds is 5. The second-order valence-electron chi connectivity index (χ2n) is 15.0. The van der Waals surface area contributed by atoms with E-state index < -0.39 is 0 Å². The van der Waals surface area contributed by atoms with Crippen molar-refractivity contribution < 1.29 is 0 Å². The highest BCUT2D eigenvalue weighted by atomic mass is 15.0. The first-order chi connectivity index (χ1) is 28.2. The minimum Gasteiger partial charge on any atom is -0.309 e. The van der Waals surface area contributed by atoms with Gasteiger partial charge in [-0.3, -0.25) is 0 Å². The third-order valence-electron chi connectivity index (χ3n) is 11.7. The number of fused-ring (bicyclic) bond motifs is 9. The fourth-order valence-electron chi connectivity index (χ4n) is 9.15. The van der Waals surface area contributed by atoms with E-state index in [4.69, 9.17) is 9.97 Å². The van der Waals surface area contributed by atoms with Crippen LogP contribution in [0.25, 0.3) is 100 Å². The molecule has 0 amide bonds. The van der Waals surface area contributed by atoms with Gasteiger partial charge in [-0.25, -0.2) is 9.97 Å². The molecule has 4 heteroatoms. The van der Waals surface area contributed by atoms with E-state index in [1.807, 2.05) is 6.07 Å². The summed E-state index contributed by atoms with van der Waals surface area (Å²) >= 11 is 0. The average molecular weight is 727 g/mol. The van der Waals surface area contributed by atoms with Crippen LogP contribution in [0.15, 0.2) is 194 Å². The lowest BCUT2D eigenvalue weighted by atomic mass is 10.00. The molecule has 0 fully saturated rings. The quantitative estimate of drug-likeness (QED) is 0.177. The minimum atomic E-state index is 0.699. The Morgan fingerprint density at radius 2 is 0.807 bits per heavy atom. The van der Waals surface area contributed by atoms with Crippen LogP contribution in [0.4, 0.5) is 0 Å². The lowest BCUT2D eigenvalue weighted by Crippen LogP contribution is -2.01. The highest BCUT2D eigenvalue weighted by Crippen LogP contribution is 2.41. The molecule has 1 aliphatic carbocycles. The number of nitrogens with zero attached hydrogens (tertiary/aromatic N) is 4. The molecule has 8 aromatic carbocycles. The van der Waals surface area contributed by atoms with Gasteiger partial charge >= 0.3 is 0 Å². The minimum absolute atomic E-state index is 0.699. The molecule has 0 atom stereocenters. The molecule has 3 aromatic heterocycles. The van der Waals surface area contributed by atoms with Gasteiger partial charge in [-0.1, -0.05) is 140 Å². The van der Waals surface area contributed by atoms with E-state index in [1.165, 1.54) is 43.8 Å². The van der Waals surface area contributed by atoms with E-state index in [-0.39, 0.29) is 0 Å². The zero-order chi connectivity index (χ0) is 37.5. The van der Waals surface area contributed by atoms with Crippen molar-refractivity contribution in [2.45, 2.75) is 6.42 Å². The van der Waals surface area contributed by atoms with Gasteiger partial charge in [0, 0.05) is 49.6 Å². The Morgan fingerprint density at radius 1 is 0.333 bits per heavy atom. The van der Waals surface area contributed by atoms with Crippen LogP contribution >= 0.6 is 0 Å². The van der Waals surface area contributed by atoms with Gasteiger partial charge in [0.1, 0.15) is 0 Å². The average Bonchev–Trinajstić information content (AvgIpc) is 3.94. The van der Waals surface area contributed by atoms with Gasteiger partial charge < -0.3 is 9.13 Å². The van der Waals surface area contributed by atoms with Crippen molar-refractivity contribution in [1.29, 1.82) is 0 Å². The summed E-state index contributed by atoms with van der Waals surface area (Å²) in [6.07, 6.45) is 0.956. The molecular formula is C53H34N4. The van der Waals surface area contributed by atoms with Crippen molar-refractivity contribution >= 4 is 43.6 Å². The monoisotopic (exact) mass is 726 g/mol. The number of benzene rings is 8. The van der Waals surface area contributed by atoms with E-state index in [0.717, 1.165) is 67.9 Å². The maximum absolute atomic E-state index is 5.37. The Hall–Kier alpha value is -7.56. The van der Waals surface area contributed by atoms with Crippen LogP contribution in [0, 0.1) is 0 Å². The van der Waals surface area contributed by atoms with Crippen LogP contribution in [0.5, 0.6) is 0 Å². The van der Waals surface area contributed by atoms with E-state index in [0.29, 0.717) is 5.82 Å². The van der Waals surface area contributed by atoms with Gasteiger partial charge in [0.25, 0.3) is 0 Å². The predicted octanol–water partition coefficient (Wildman–Crippen LogP) is 13.2. The zero-order valence-electron chi connectivity index (χ0n) is 31.0. The smallest absolute Gasteiger partial charge is 0.160 e. The van der Waals surface area contributed by atoms with Crippen molar-refractivity contribution in [2.24, 2.45) is 0 Å². The molecule has 11 aromatic rings. The molecule has 0 saturated carbocycles. The second-order valence-corrected chi connectivity index (χ2v) is 15.0. The van der Waals surface area contributed by atoms with Crippen molar-refractivity contribution in [2.75, 3.05) is 0 Å². The summed E-state index contributed by atoms with van der Waals surface area (Å²) < 4.78 is 4.81. The summed E-state index contributed by atoms with van der Waals surface area (Å²) in [6, 6.07) is 69.9. The molecule has 0 saturated heterocycles. The van der Waals surface area contributed by atoms with Gasteiger partial charge in [-0.2, -0.15) is 0 Å². The zero-order valence-corrected chi connectivity index (χ0v) is 31.0. The molecule has 0 radical (unpaired) electrons. The summed E-state index contributed by atoms with van der Waals surface area (Å²) in [4.78, 5) is 10.6. The van der Waals surface area contributed by atoms with Crippen molar-refractivity contribution in [3.63, 3.8) is 0 Å². The van der Waals surface area contributed by atoms with Crippen LogP contribution in [0.1, 0.15) is 11.1 Å². The van der Waals surface area contributed by atoms with Crippen molar-refractivity contribution in [3.05, 3.63) is 205 Å². The number of hydrogen-bond acceptors (Lipinski definition) is 2. The van der Waals surface area contributed by atoms with Gasteiger partial charge in [0.15, 0.2) is 5.82 Å². The highest BCUT2D eigenvalue weighted by Gasteiger charge is 2.21. The standard InChI is InChI=1S/C53H34N4/c1-2-14-34(15-3-1)53-54-47(37-27-26-36-28-35-16-4-5-17-41(35)46(36)31-37)33-48(55-53)38-29-39(56-49-22-10-6-18-42(49)43-19-7-11-23-50(43)56)32-40(30-38)57-51-24-12-8-20-44(51)45-21-9-13-25-52(45)57/h1-27,29-33H,28H2. The van der Waals surface area contributed by atoms with Gasteiger partial charge in [-0.15, -0.1) is 0 Å². The first kappa shape index (κ1) is 31.8. The van der Waals surface area contributed by atoms with Crippen LogP contribution in [-0.4, -0.2) is 19.1 Å². The Kier molecular flexibility index (Phi) is 6.96. The third kappa shape index (κ3) is 5.01. The Labute approximate surface area is 329 Å². The molecular weight excluding hydrogens is 693 g/mol. The van der Waals surface area contributed by atoms with Crippen LogP contribution < -0.4 is 0 Å². The van der Waals surface area contributed by atoms with Crippen LogP contribution in [-0.2, 0) is 6.42 Å². The molecule has 0 spiro atoms. The topological polar surface area (TPSA) is 35.6 Å². The Balaban J connectivity index is 1.15. The molecule has 4 nitrogen and oxygen atoms in total. The third-order valence-corrected chi connectivity index (χ3v) is 11.7. The molecule has 0 N–H and O–H groups in total. The Morgan fingerprint density at radius 3 is 1.39 bits per heavy atom. The summed E-state index contributed by atoms with van der Waals surface area (Å²) in [5, 5.41) is 4.91. The molecule has 0 unspecified atom stereocenters. The van der Waals surface area contributed by atoms with Crippen LogP contribution in [0.3, 0.4) is 0 Å². The molecule has 3 heterocycles. The SMILES string of the molecule is c1ccc(-c2nc(-c3cc(-n4c5ccccc5c5ccccc54)cc(-n4c5ccccc5c5ccccc54)c3)cc(-c3ccc4c(c3)-c3ccccc3C4)n2)cc1. The number of para-hydroxylation sites is 4. The fourth-order valence-corrected chi connectivity index (χ4v) is 9.15. The maximum Gasteiger partial charge on any atom is 0.160 e. The summed E-state index contributed by atoms with van der Waals surface area (Å²) in [7, 11) is 0.